The number of rotatable bonds is 7. The monoisotopic (exact) mass is 830 g/mol. The molecular weight excluding hydrogens is 793 g/mol. The Balaban J connectivity index is 0.927. The number of hydrogen-bond donors (Lipinski definition) is 0. The van der Waals surface area contributed by atoms with Crippen molar-refractivity contribution >= 4 is 82.4 Å². The molecule has 0 bridgehead atoms. The molecule has 0 radical (unpaired) electrons. The van der Waals surface area contributed by atoms with Crippen LogP contribution in [0.3, 0.4) is 0 Å². The third-order valence-electron chi connectivity index (χ3n) is 12.8. The largest absolute Gasteiger partial charge is 0.456 e. The van der Waals surface area contributed by atoms with Gasteiger partial charge in [-0.1, -0.05) is 127 Å². The average Bonchev–Trinajstić information content (AvgIpc) is 3.90. The van der Waals surface area contributed by atoms with Crippen LogP contribution in [0.25, 0.3) is 105 Å². The lowest BCUT2D eigenvalue weighted by Crippen LogP contribution is -2.10. The van der Waals surface area contributed by atoms with Crippen LogP contribution in [0, 0.1) is 0 Å². The van der Waals surface area contributed by atoms with E-state index in [4.69, 9.17) is 14.4 Å². The molecule has 13 aromatic rings. The third-order valence-corrected chi connectivity index (χ3v) is 12.8. The number of benzene rings is 9. The summed E-state index contributed by atoms with van der Waals surface area (Å²) < 4.78 is 8.92. The maximum Gasteiger partial charge on any atom is 0.137 e. The van der Waals surface area contributed by atoms with Gasteiger partial charge in [0.25, 0.3) is 0 Å². The molecule has 4 aromatic heterocycles. The van der Waals surface area contributed by atoms with Gasteiger partial charge in [0.1, 0.15) is 11.2 Å². The van der Waals surface area contributed by atoms with Crippen molar-refractivity contribution in [1.82, 2.24) is 14.5 Å². The van der Waals surface area contributed by atoms with E-state index in [0.29, 0.717) is 0 Å². The zero-order valence-electron chi connectivity index (χ0n) is 35.1. The Bertz CT molecular complexity index is 3830. The van der Waals surface area contributed by atoms with Crippen LogP contribution >= 0.6 is 0 Å². The Morgan fingerprint density at radius 1 is 0.338 bits per heavy atom. The molecule has 0 fully saturated rings. The Kier molecular flexibility index (Phi) is 8.46. The summed E-state index contributed by atoms with van der Waals surface area (Å²) in [4.78, 5) is 12.1. The standard InChI is InChI=1S/C60H38N4O/c1-2-16-45(17-3-1)64-55-23-9-8-22-51(55)52-37-54-53-36-42(26-29-57(53)65-58(54)38-56(52)64)39-24-27-46(28-25-39)63(47-18-10-14-43(34-47)59-49-20-6-4-12-40(49)30-32-61-59)48-19-11-15-44(35-48)60-50-21-7-5-13-41(50)31-33-62-60/h1-38H. The topological polar surface area (TPSA) is 47.1 Å². The van der Waals surface area contributed by atoms with Crippen molar-refractivity contribution in [3.63, 3.8) is 0 Å². The molecule has 4 heterocycles. The van der Waals surface area contributed by atoms with Crippen molar-refractivity contribution in [2.24, 2.45) is 0 Å². The lowest BCUT2D eigenvalue weighted by atomic mass is 10.0. The lowest BCUT2D eigenvalue weighted by molar-refractivity contribution is 0.669. The van der Waals surface area contributed by atoms with Gasteiger partial charge in [-0.3, -0.25) is 9.97 Å². The number of fused-ring (bicyclic) bond motifs is 8. The quantitative estimate of drug-likeness (QED) is 0.161. The van der Waals surface area contributed by atoms with Crippen molar-refractivity contribution in [2.75, 3.05) is 4.90 Å². The Hall–Kier alpha value is -8.80. The van der Waals surface area contributed by atoms with Gasteiger partial charge in [-0.15, -0.1) is 0 Å². The minimum absolute atomic E-state index is 0.871. The van der Waals surface area contributed by atoms with Crippen LogP contribution in [0.5, 0.6) is 0 Å². The summed E-state index contributed by atoms with van der Waals surface area (Å²) in [5, 5.41) is 9.20. The van der Waals surface area contributed by atoms with Crippen molar-refractivity contribution in [3.05, 3.63) is 231 Å². The van der Waals surface area contributed by atoms with Crippen LogP contribution in [0.1, 0.15) is 0 Å². The summed E-state index contributed by atoms with van der Waals surface area (Å²) in [6.07, 6.45) is 3.80. The molecule has 0 spiro atoms. The van der Waals surface area contributed by atoms with Gasteiger partial charge in [-0.25, -0.2) is 0 Å². The maximum absolute atomic E-state index is 6.59. The highest BCUT2D eigenvalue weighted by Gasteiger charge is 2.19. The summed E-state index contributed by atoms with van der Waals surface area (Å²) in [7, 11) is 0. The number of pyridine rings is 2. The smallest absolute Gasteiger partial charge is 0.137 e. The highest BCUT2D eigenvalue weighted by molar-refractivity contribution is 6.17. The second kappa shape index (κ2) is 14.9. The molecule has 0 aliphatic rings. The maximum atomic E-state index is 6.59. The molecule has 5 nitrogen and oxygen atoms in total. The average molecular weight is 831 g/mol. The van der Waals surface area contributed by atoms with Gasteiger partial charge in [0.05, 0.1) is 22.4 Å². The van der Waals surface area contributed by atoms with E-state index in [1.807, 2.05) is 12.4 Å². The minimum atomic E-state index is 0.871. The minimum Gasteiger partial charge on any atom is -0.456 e. The molecule has 0 saturated carbocycles. The summed E-state index contributed by atoms with van der Waals surface area (Å²) in [6.45, 7) is 0. The van der Waals surface area contributed by atoms with Crippen LogP contribution in [0.2, 0.25) is 0 Å². The first kappa shape index (κ1) is 36.8. The molecule has 0 unspecified atom stereocenters. The first-order valence-electron chi connectivity index (χ1n) is 22.0. The van der Waals surface area contributed by atoms with E-state index in [2.05, 4.69) is 228 Å². The van der Waals surface area contributed by atoms with E-state index in [-0.39, 0.29) is 0 Å². The summed E-state index contributed by atoms with van der Waals surface area (Å²) in [5.41, 5.74) is 14.5. The zero-order valence-corrected chi connectivity index (χ0v) is 35.1. The molecule has 0 saturated heterocycles. The normalized spacial score (nSPS) is 11.7. The number of nitrogens with zero attached hydrogens (tertiary/aromatic N) is 4. The second-order valence-corrected chi connectivity index (χ2v) is 16.6. The number of aromatic nitrogens is 3. The Morgan fingerprint density at radius 2 is 0.923 bits per heavy atom. The van der Waals surface area contributed by atoms with Gasteiger partial charge in [0, 0.05) is 84.7 Å². The first-order valence-corrected chi connectivity index (χ1v) is 22.0. The van der Waals surface area contributed by atoms with Crippen LogP contribution in [-0.4, -0.2) is 14.5 Å². The summed E-state index contributed by atoms with van der Waals surface area (Å²) in [5.74, 6) is 0. The SMILES string of the molecule is c1ccc(-n2c3ccccc3c3cc4c(cc32)oc2ccc(-c3ccc(N(c5cccc(-c6nccc7ccccc67)c5)c5cccc(-c6nccc7ccccc67)c5)cc3)cc24)cc1. The fourth-order valence-electron chi connectivity index (χ4n) is 9.81. The molecular formula is C60H38N4O. The van der Waals surface area contributed by atoms with Crippen molar-refractivity contribution in [3.8, 4) is 39.3 Å². The summed E-state index contributed by atoms with van der Waals surface area (Å²) in [6, 6.07) is 77.6. The van der Waals surface area contributed by atoms with Crippen LogP contribution in [-0.2, 0) is 0 Å². The van der Waals surface area contributed by atoms with Gasteiger partial charge in [-0.2, -0.15) is 0 Å². The Labute approximate surface area is 374 Å². The molecule has 304 valence electrons. The molecule has 0 amide bonds. The molecule has 13 rings (SSSR count). The van der Waals surface area contributed by atoms with Crippen molar-refractivity contribution in [1.29, 1.82) is 0 Å². The van der Waals surface area contributed by atoms with Crippen LogP contribution < -0.4 is 4.90 Å². The predicted molar refractivity (Wildman–Crippen MR) is 270 cm³/mol. The predicted octanol–water partition coefficient (Wildman–Crippen LogP) is 16.3. The highest BCUT2D eigenvalue weighted by atomic mass is 16.3. The lowest BCUT2D eigenvalue weighted by Gasteiger charge is -2.27. The van der Waals surface area contributed by atoms with E-state index in [9.17, 15) is 0 Å². The molecule has 0 atom stereocenters. The van der Waals surface area contributed by atoms with Crippen molar-refractivity contribution in [2.45, 2.75) is 0 Å². The molecule has 9 aromatic carbocycles. The second-order valence-electron chi connectivity index (χ2n) is 16.6. The summed E-state index contributed by atoms with van der Waals surface area (Å²) >= 11 is 0. The van der Waals surface area contributed by atoms with Crippen molar-refractivity contribution < 1.29 is 4.42 Å². The molecule has 0 aliphatic carbocycles. The van der Waals surface area contributed by atoms with Gasteiger partial charge < -0.3 is 13.9 Å². The molecule has 5 heteroatoms. The van der Waals surface area contributed by atoms with E-state index < -0.39 is 0 Å². The van der Waals surface area contributed by atoms with Crippen LogP contribution in [0.4, 0.5) is 17.1 Å². The van der Waals surface area contributed by atoms with Gasteiger partial charge in [0.15, 0.2) is 0 Å². The van der Waals surface area contributed by atoms with E-state index in [1.54, 1.807) is 0 Å². The van der Waals surface area contributed by atoms with E-state index in [1.165, 1.54) is 16.3 Å². The van der Waals surface area contributed by atoms with Gasteiger partial charge >= 0.3 is 0 Å². The van der Waals surface area contributed by atoms with Gasteiger partial charge in [-0.05, 0) is 107 Å². The van der Waals surface area contributed by atoms with Crippen LogP contribution in [0.15, 0.2) is 235 Å². The third kappa shape index (κ3) is 6.16. The number of hydrogen-bond acceptors (Lipinski definition) is 4. The number of para-hydroxylation sites is 2. The zero-order chi connectivity index (χ0) is 42.8. The van der Waals surface area contributed by atoms with E-state index >= 15 is 0 Å². The number of anilines is 3. The Morgan fingerprint density at radius 3 is 1.60 bits per heavy atom. The van der Waals surface area contributed by atoms with E-state index in [0.717, 1.165) is 105 Å². The number of furan rings is 1. The first-order chi connectivity index (χ1) is 32.2. The highest BCUT2D eigenvalue weighted by Crippen LogP contribution is 2.42. The molecule has 65 heavy (non-hydrogen) atoms. The molecule has 0 N–H and O–H groups in total. The van der Waals surface area contributed by atoms with Gasteiger partial charge in [0.2, 0.25) is 0 Å². The fourth-order valence-corrected chi connectivity index (χ4v) is 9.81. The molecule has 0 aliphatic heterocycles. The fraction of sp³-hybridized carbons (Fsp3) is 0.